The molecule has 1 aromatic rings. The van der Waals surface area contributed by atoms with Gasteiger partial charge in [0.15, 0.2) is 5.69 Å². The summed E-state index contributed by atoms with van der Waals surface area (Å²) in [5.74, 6) is 0.754. The highest BCUT2D eigenvalue weighted by molar-refractivity contribution is 5.53. The minimum Gasteiger partial charge on any atom is -0.263 e. The van der Waals surface area contributed by atoms with Crippen LogP contribution in [0.2, 0.25) is 0 Å². The molecule has 0 aliphatic rings. The Morgan fingerprint density at radius 3 is 2.29 bits per heavy atom. The third-order valence-electron chi connectivity index (χ3n) is 2.27. The van der Waals surface area contributed by atoms with Crippen LogP contribution in [0.25, 0.3) is 4.85 Å². The summed E-state index contributed by atoms with van der Waals surface area (Å²) in [6.07, 6.45) is 1.84. The van der Waals surface area contributed by atoms with Crippen molar-refractivity contribution in [1.29, 1.82) is 0 Å². The summed E-state index contributed by atoms with van der Waals surface area (Å²) in [5.41, 5.74) is 2.79. The van der Waals surface area contributed by atoms with Crippen LogP contribution in [0.15, 0.2) is 12.3 Å². The maximum absolute atomic E-state index is 7.11. The molecule has 0 bridgehead atoms. The van der Waals surface area contributed by atoms with Gasteiger partial charge in [0.2, 0.25) is 0 Å². The zero-order chi connectivity index (χ0) is 10.7. The summed E-state index contributed by atoms with van der Waals surface area (Å²) in [6.45, 7) is 15.5. The quantitative estimate of drug-likeness (QED) is 0.644. The summed E-state index contributed by atoms with van der Waals surface area (Å²) in [7, 11) is 0. The molecule has 2 nitrogen and oxygen atoms in total. The Hall–Kier alpha value is -1.36. The largest absolute Gasteiger partial charge is 0.263 e. The molecule has 0 N–H and O–H groups in total. The second-order valence-electron chi connectivity index (χ2n) is 4.09. The molecule has 74 valence electrons. The van der Waals surface area contributed by atoms with E-state index in [0.29, 0.717) is 11.8 Å². The van der Waals surface area contributed by atoms with Crippen molar-refractivity contribution in [2.75, 3.05) is 0 Å². The van der Waals surface area contributed by atoms with Gasteiger partial charge >= 0.3 is 0 Å². The van der Waals surface area contributed by atoms with Gasteiger partial charge in [-0.25, -0.2) is 4.85 Å². The highest BCUT2D eigenvalue weighted by Crippen LogP contribution is 2.28. The molecule has 2 heteroatoms. The molecule has 1 rings (SSSR count). The molecule has 0 saturated heterocycles. The van der Waals surface area contributed by atoms with Crippen LogP contribution in [0.1, 0.15) is 50.8 Å². The number of rotatable bonds is 2. The van der Waals surface area contributed by atoms with Gasteiger partial charge in [0.05, 0.1) is 6.57 Å². The first-order valence-corrected chi connectivity index (χ1v) is 4.93. The third kappa shape index (κ3) is 2.11. The number of aromatic nitrogens is 1. The van der Waals surface area contributed by atoms with Crippen LogP contribution in [-0.4, -0.2) is 4.98 Å². The van der Waals surface area contributed by atoms with Crippen LogP contribution in [0.5, 0.6) is 0 Å². The fourth-order valence-electron chi connectivity index (χ4n) is 1.33. The lowest BCUT2D eigenvalue weighted by atomic mass is 10.0. The molecular weight excluding hydrogens is 172 g/mol. The molecule has 1 heterocycles. The smallest absolute Gasteiger partial charge is 0.193 e. The Morgan fingerprint density at radius 1 is 1.21 bits per heavy atom. The van der Waals surface area contributed by atoms with Gasteiger partial charge in [0, 0.05) is 11.9 Å². The first-order chi connectivity index (χ1) is 6.56. The van der Waals surface area contributed by atoms with Gasteiger partial charge < -0.3 is 0 Å². The van der Waals surface area contributed by atoms with Crippen molar-refractivity contribution < 1.29 is 0 Å². The monoisotopic (exact) mass is 188 g/mol. The highest BCUT2D eigenvalue weighted by atomic mass is 14.7. The van der Waals surface area contributed by atoms with Gasteiger partial charge in [-0.15, -0.1) is 0 Å². The summed E-state index contributed by atoms with van der Waals surface area (Å²) in [4.78, 5) is 7.91. The van der Waals surface area contributed by atoms with E-state index in [2.05, 4.69) is 37.5 Å². The molecular formula is C12H16N2. The van der Waals surface area contributed by atoms with Crippen LogP contribution in [0.3, 0.4) is 0 Å². The molecule has 14 heavy (non-hydrogen) atoms. The van der Waals surface area contributed by atoms with Crippen LogP contribution in [0.4, 0.5) is 5.69 Å². The zero-order valence-corrected chi connectivity index (χ0v) is 9.20. The molecule has 0 fully saturated rings. The fourth-order valence-corrected chi connectivity index (χ4v) is 1.33. The van der Waals surface area contributed by atoms with Crippen LogP contribution in [0, 0.1) is 6.57 Å². The van der Waals surface area contributed by atoms with Crippen LogP contribution < -0.4 is 0 Å². The van der Waals surface area contributed by atoms with Crippen molar-refractivity contribution in [3.63, 3.8) is 0 Å². The SMILES string of the molecule is [C-]#[N+]c1cc(C(C)C)ncc1C(C)C. The lowest BCUT2D eigenvalue weighted by Crippen LogP contribution is -1.95. The molecule has 0 saturated carbocycles. The lowest BCUT2D eigenvalue weighted by molar-refractivity contribution is 0.806. The third-order valence-corrected chi connectivity index (χ3v) is 2.27. The van der Waals surface area contributed by atoms with E-state index in [1.54, 1.807) is 0 Å². The van der Waals surface area contributed by atoms with E-state index < -0.39 is 0 Å². The molecule has 0 unspecified atom stereocenters. The van der Waals surface area contributed by atoms with Crippen molar-refractivity contribution in [2.45, 2.75) is 39.5 Å². The maximum Gasteiger partial charge on any atom is 0.193 e. The molecule has 0 atom stereocenters. The van der Waals surface area contributed by atoms with E-state index in [1.165, 1.54) is 0 Å². The minimum atomic E-state index is 0.368. The predicted molar refractivity (Wildman–Crippen MR) is 58.7 cm³/mol. The average Bonchev–Trinajstić information content (AvgIpc) is 2.16. The second kappa shape index (κ2) is 4.23. The van der Waals surface area contributed by atoms with E-state index in [4.69, 9.17) is 6.57 Å². The van der Waals surface area contributed by atoms with Gasteiger partial charge in [0.25, 0.3) is 0 Å². The minimum absolute atomic E-state index is 0.368. The summed E-state index contributed by atoms with van der Waals surface area (Å²) >= 11 is 0. The topological polar surface area (TPSA) is 17.2 Å². The van der Waals surface area contributed by atoms with E-state index in [1.807, 2.05) is 12.3 Å². The standard InChI is InChI=1S/C12H16N2/c1-8(2)10-7-14-11(9(3)4)6-12(10)13-5/h6-9H,1-4H3. The molecule has 0 aliphatic heterocycles. The second-order valence-corrected chi connectivity index (χ2v) is 4.09. The van der Waals surface area contributed by atoms with Crippen molar-refractivity contribution in [2.24, 2.45) is 0 Å². The molecule has 0 radical (unpaired) electrons. The molecule has 0 aliphatic carbocycles. The Kier molecular flexibility index (Phi) is 3.24. The molecule has 0 amide bonds. The Balaban J connectivity index is 3.20. The van der Waals surface area contributed by atoms with Crippen molar-refractivity contribution >= 4 is 5.69 Å². The molecule has 0 spiro atoms. The zero-order valence-electron chi connectivity index (χ0n) is 9.20. The lowest BCUT2D eigenvalue weighted by Gasteiger charge is -2.10. The molecule has 1 aromatic heterocycles. The normalized spacial score (nSPS) is 10.6. The van der Waals surface area contributed by atoms with Gasteiger partial charge in [-0.05, 0) is 23.5 Å². The summed E-state index contributed by atoms with van der Waals surface area (Å²) in [6, 6.07) is 1.91. The molecule has 0 aromatic carbocycles. The number of hydrogen-bond donors (Lipinski definition) is 0. The van der Waals surface area contributed by atoms with Gasteiger partial charge in [-0.3, -0.25) is 4.98 Å². The average molecular weight is 188 g/mol. The van der Waals surface area contributed by atoms with Crippen LogP contribution >= 0.6 is 0 Å². The number of hydrogen-bond acceptors (Lipinski definition) is 1. The van der Waals surface area contributed by atoms with E-state index in [0.717, 1.165) is 16.9 Å². The van der Waals surface area contributed by atoms with Crippen molar-refractivity contribution in [3.8, 4) is 0 Å². The Morgan fingerprint density at radius 2 is 1.86 bits per heavy atom. The Labute approximate surface area is 85.8 Å². The van der Waals surface area contributed by atoms with E-state index >= 15 is 0 Å². The Bertz CT molecular complexity index is 359. The summed E-state index contributed by atoms with van der Waals surface area (Å²) in [5, 5.41) is 0. The first kappa shape index (κ1) is 10.7. The van der Waals surface area contributed by atoms with Crippen LogP contribution in [-0.2, 0) is 0 Å². The van der Waals surface area contributed by atoms with Gasteiger partial charge in [-0.1, -0.05) is 27.7 Å². The first-order valence-electron chi connectivity index (χ1n) is 4.93. The maximum atomic E-state index is 7.11. The van der Waals surface area contributed by atoms with Gasteiger partial charge in [-0.2, -0.15) is 0 Å². The van der Waals surface area contributed by atoms with E-state index in [9.17, 15) is 0 Å². The van der Waals surface area contributed by atoms with E-state index in [-0.39, 0.29) is 0 Å². The predicted octanol–water partition coefficient (Wildman–Crippen LogP) is 3.88. The summed E-state index contributed by atoms with van der Waals surface area (Å²) < 4.78 is 0. The van der Waals surface area contributed by atoms with Crippen molar-refractivity contribution in [3.05, 3.63) is 34.9 Å². The highest BCUT2D eigenvalue weighted by Gasteiger charge is 2.09. The number of pyridine rings is 1. The van der Waals surface area contributed by atoms with Gasteiger partial charge in [0.1, 0.15) is 0 Å². The van der Waals surface area contributed by atoms with Crippen molar-refractivity contribution in [1.82, 2.24) is 4.98 Å². The fraction of sp³-hybridized carbons (Fsp3) is 0.500. The number of nitrogens with zero attached hydrogens (tertiary/aromatic N) is 2.